The van der Waals surface area contributed by atoms with Gasteiger partial charge in [-0.2, -0.15) is 0 Å². The quantitative estimate of drug-likeness (QED) is 0.801. The lowest BCUT2D eigenvalue weighted by Gasteiger charge is -2.09. The number of carbonyl (C=O) groups is 2. The zero-order chi connectivity index (χ0) is 13.9. The molecule has 5 heteroatoms. The number of nitrogens with zero attached hydrogens (tertiary/aromatic N) is 1. The van der Waals surface area contributed by atoms with Crippen molar-refractivity contribution in [3.63, 3.8) is 0 Å². The van der Waals surface area contributed by atoms with Crippen LogP contribution in [0.1, 0.15) is 16.8 Å². The van der Waals surface area contributed by atoms with Gasteiger partial charge in [-0.25, -0.2) is 9.59 Å². The van der Waals surface area contributed by atoms with Gasteiger partial charge in [0.1, 0.15) is 0 Å². The first-order valence-electron chi connectivity index (χ1n) is 6.35. The second-order valence-corrected chi connectivity index (χ2v) is 4.49. The van der Waals surface area contributed by atoms with Gasteiger partial charge in [0.15, 0.2) is 0 Å². The highest BCUT2D eigenvalue weighted by atomic mass is 16.6. The van der Waals surface area contributed by atoms with Crippen molar-refractivity contribution in [1.82, 2.24) is 4.57 Å². The molecule has 0 bridgehead atoms. The van der Waals surface area contributed by atoms with Crippen LogP contribution in [0.5, 0.6) is 0 Å². The molecule has 0 N–H and O–H groups in total. The summed E-state index contributed by atoms with van der Waals surface area (Å²) in [5, 5.41) is 0. The van der Waals surface area contributed by atoms with E-state index in [4.69, 9.17) is 9.47 Å². The topological polar surface area (TPSA) is 57.5 Å². The summed E-state index contributed by atoms with van der Waals surface area (Å²) in [6, 6.07) is 10.9. The van der Waals surface area contributed by atoms with Crippen LogP contribution >= 0.6 is 0 Å². The van der Waals surface area contributed by atoms with Crippen molar-refractivity contribution < 1.29 is 19.1 Å². The van der Waals surface area contributed by atoms with Gasteiger partial charge in [-0.3, -0.25) is 0 Å². The number of hydrogen-bond acceptors (Lipinski definition) is 4. The van der Waals surface area contributed by atoms with Crippen molar-refractivity contribution >= 4 is 11.9 Å². The van der Waals surface area contributed by atoms with Gasteiger partial charge in [-0.05, 0) is 30.3 Å². The third-order valence-corrected chi connectivity index (χ3v) is 3.12. The zero-order valence-electron chi connectivity index (χ0n) is 10.7. The lowest BCUT2D eigenvalue weighted by atomic mass is 10.2. The number of aromatic nitrogens is 1. The Bertz CT molecular complexity index is 633. The van der Waals surface area contributed by atoms with Gasteiger partial charge in [0.05, 0.1) is 12.2 Å². The van der Waals surface area contributed by atoms with Crippen molar-refractivity contribution in [3.8, 4) is 5.69 Å². The Labute approximate surface area is 115 Å². The zero-order valence-corrected chi connectivity index (χ0v) is 10.7. The molecule has 20 heavy (non-hydrogen) atoms. The Morgan fingerprint density at radius 1 is 1.25 bits per heavy atom. The maximum atomic E-state index is 12.0. The summed E-state index contributed by atoms with van der Waals surface area (Å²) in [6.07, 6.45) is 3.41. The third kappa shape index (κ3) is 2.42. The number of cyclic esters (lactones) is 1. The number of carbonyl (C=O) groups excluding carboxylic acids is 2. The first-order valence-corrected chi connectivity index (χ1v) is 6.35. The van der Waals surface area contributed by atoms with Crippen LogP contribution in [0.3, 0.4) is 0 Å². The van der Waals surface area contributed by atoms with E-state index in [1.807, 2.05) is 35.2 Å². The van der Waals surface area contributed by atoms with E-state index in [-0.39, 0.29) is 0 Å². The minimum absolute atomic E-state index is 0.306. The second-order valence-electron chi connectivity index (χ2n) is 4.49. The van der Waals surface area contributed by atoms with E-state index in [9.17, 15) is 9.59 Å². The largest absolute Gasteiger partial charge is 0.463 e. The molecule has 1 fully saturated rings. The summed E-state index contributed by atoms with van der Waals surface area (Å²) >= 11 is 0. The van der Waals surface area contributed by atoms with E-state index in [0.29, 0.717) is 18.6 Å². The fourth-order valence-electron chi connectivity index (χ4n) is 2.08. The summed E-state index contributed by atoms with van der Waals surface area (Å²) in [7, 11) is 0. The van der Waals surface area contributed by atoms with E-state index in [1.165, 1.54) is 0 Å². The number of hydrogen-bond donors (Lipinski definition) is 0. The van der Waals surface area contributed by atoms with Crippen molar-refractivity contribution in [2.75, 3.05) is 6.61 Å². The molecule has 1 atom stereocenters. The molecule has 0 saturated carbocycles. The van der Waals surface area contributed by atoms with E-state index in [1.54, 1.807) is 18.2 Å². The Hall–Kier alpha value is -2.56. The maximum Gasteiger partial charge on any atom is 0.347 e. The average Bonchev–Trinajstić information content (AvgIpc) is 3.12. The highest BCUT2D eigenvalue weighted by molar-refractivity contribution is 5.92. The molecular weight excluding hydrogens is 258 g/mol. The van der Waals surface area contributed by atoms with Gasteiger partial charge in [0.2, 0.25) is 6.10 Å². The van der Waals surface area contributed by atoms with Gasteiger partial charge >= 0.3 is 11.9 Å². The molecule has 1 aliphatic rings. The number of rotatable bonds is 3. The summed E-state index contributed by atoms with van der Waals surface area (Å²) in [5.74, 6) is -0.984. The summed E-state index contributed by atoms with van der Waals surface area (Å²) in [4.78, 5) is 23.3. The molecule has 2 aromatic rings. The number of ether oxygens (including phenoxy) is 2. The van der Waals surface area contributed by atoms with Gasteiger partial charge in [-0.1, -0.05) is 6.07 Å². The van der Waals surface area contributed by atoms with Crippen LogP contribution in [0.4, 0.5) is 0 Å². The molecule has 1 saturated heterocycles. The van der Waals surface area contributed by atoms with Crippen LogP contribution in [0.2, 0.25) is 0 Å². The van der Waals surface area contributed by atoms with Crippen LogP contribution in [0.25, 0.3) is 5.69 Å². The van der Waals surface area contributed by atoms with Gasteiger partial charge in [0, 0.05) is 24.5 Å². The predicted octanol–water partition coefficient (Wildman–Crippen LogP) is 1.95. The Balaban J connectivity index is 1.78. The Morgan fingerprint density at radius 2 is 2.05 bits per heavy atom. The maximum absolute atomic E-state index is 12.0. The third-order valence-electron chi connectivity index (χ3n) is 3.12. The van der Waals surface area contributed by atoms with Crippen LogP contribution < -0.4 is 0 Å². The highest BCUT2D eigenvalue weighted by Crippen LogP contribution is 2.16. The lowest BCUT2D eigenvalue weighted by Crippen LogP contribution is -2.22. The van der Waals surface area contributed by atoms with Crippen LogP contribution in [0, 0.1) is 0 Å². The molecule has 0 unspecified atom stereocenters. The van der Waals surface area contributed by atoms with Crippen LogP contribution in [-0.4, -0.2) is 29.2 Å². The molecule has 102 valence electrons. The minimum atomic E-state index is -0.780. The normalized spacial score (nSPS) is 17.8. The molecule has 0 aliphatic carbocycles. The molecule has 0 spiro atoms. The van der Waals surface area contributed by atoms with Gasteiger partial charge in [0.25, 0.3) is 0 Å². The molecule has 3 rings (SSSR count). The SMILES string of the molecule is O=C(O[C@H]1CCOC1=O)c1cccc(-n2cccc2)c1. The van der Waals surface area contributed by atoms with Crippen LogP contribution in [-0.2, 0) is 14.3 Å². The van der Waals surface area contributed by atoms with E-state index < -0.39 is 18.0 Å². The summed E-state index contributed by atoms with van der Waals surface area (Å²) in [5.41, 5.74) is 1.27. The first kappa shape index (κ1) is 12.5. The molecule has 1 aliphatic heterocycles. The molecule has 0 amide bonds. The molecular formula is C15H13NO4. The van der Waals surface area contributed by atoms with E-state index in [0.717, 1.165) is 5.69 Å². The van der Waals surface area contributed by atoms with Gasteiger partial charge in [-0.15, -0.1) is 0 Å². The highest BCUT2D eigenvalue weighted by Gasteiger charge is 2.30. The lowest BCUT2D eigenvalue weighted by molar-refractivity contribution is -0.145. The molecule has 1 aromatic heterocycles. The fourth-order valence-corrected chi connectivity index (χ4v) is 2.08. The van der Waals surface area contributed by atoms with Crippen molar-refractivity contribution in [1.29, 1.82) is 0 Å². The molecule has 1 aromatic carbocycles. The minimum Gasteiger partial charge on any atom is -0.463 e. The van der Waals surface area contributed by atoms with Gasteiger partial charge < -0.3 is 14.0 Å². The van der Waals surface area contributed by atoms with Crippen molar-refractivity contribution in [2.45, 2.75) is 12.5 Å². The van der Waals surface area contributed by atoms with Crippen molar-refractivity contribution in [2.24, 2.45) is 0 Å². The smallest absolute Gasteiger partial charge is 0.347 e. The first-order chi connectivity index (χ1) is 9.74. The second kappa shape index (κ2) is 5.21. The van der Waals surface area contributed by atoms with E-state index in [2.05, 4.69) is 0 Å². The van der Waals surface area contributed by atoms with E-state index >= 15 is 0 Å². The summed E-state index contributed by atoms with van der Waals surface area (Å²) < 4.78 is 11.8. The molecule has 5 nitrogen and oxygen atoms in total. The predicted molar refractivity (Wildman–Crippen MR) is 70.5 cm³/mol. The van der Waals surface area contributed by atoms with Crippen molar-refractivity contribution in [3.05, 3.63) is 54.4 Å². The number of esters is 2. The fraction of sp³-hybridized carbons (Fsp3) is 0.200. The average molecular weight is 271 g/mol. The Kier molecular flexibility index (Phi) is 3.25. The van der Waals surface area contributed by atoms with Crippen LogP contribution in [0.15, 0.2) is 48.8 Å². The molecule has 0 radical (unpaired) electrons. The monoisotopic (exact) mass is 271 g/mol. The Morgan fingerprint density at radius 3 is 2.75 bits per heavy atom. The summed E-state index contributed by atoms with van der Waals surface area (Å²) in [6.45, 7) is 0.306. The standard InChI is InChI=1S/C15H13NO4/c17-14(20-13-6-9-19-15(13)18)11-4-3-5-12(10-11)16-7-1-2-8-16/h1-5,7-8,10,13H,6,9H2/t13-/m0/s1. The molecule has 2 heterocycles. The number of benzene rings is 1.